The van der Waals surface area contributed by atoms with Gasteiger partial charge in [0.25, 0.3) is 0 Å². The van der Waals surface area contributed by atoms with Gasteiger partial charge in [0, 0.05) is 24.5 Å². The number of hydrogen-bond acceptors (Lipinski definition) is 3. The van der Waals surface area contributed by atoms with Crippen molar-refractivity contribution in [2.75, 3.05) is 26.2 Å². The third kappa shape index (κ3) is 3.30. The van der Waals surface area contributed by atoms with Crippen LogP contribution < -0.4 is 11.1 Å². The summed E-state index contributed by atoms with van der Waals surface area (Å²) in [5, 5.41) is 3.29. The molecule has 23 heavy (non-hydrogen) atoms. The Balaban J connectivity index is 1.79. The predicted molar refractivity (Wildman–Crippen MR) is 93.0 cm³/mol. The Kier molecular flexibility index (Phi) is 4.50. The molecule has 0 aromatic heterocycles. The lowest BCUT2D eigenvalue weighted by molar-refractivity contribution is -0.299. The molecule has 5 nitrogen and oxygen atoms in total. The molecule has 2 heterocycles. The summed E-state index contributed by atoms with van der Waals surface area (Å²) in [6, 6.07) is 7.79. The average molecular weight is 332 g/mol. The van der Waals surface area contributed by atoms with Gasteiger partial charge in [0.2, 0.25) is 0 Å². The first-order chi connectivity index (χ1) is 11.0. The third-order valence-corrected chi connectivity index (χ3v) is 6.44. The van der Waals surface area contributed by atoms with Gasteiger partial charge in [-0.25, -0.2) is 13.3 Å². The highest BCUT2D eigenvalue weighted by molar-refractivity contribution is 7.98. The predicted octanol–water partition coefficient (Wildman–Crippen LogP) is 0.0641. The highest BCUT2D eigenvalue weighted by atomic mass is 32.2. The van der Waals surface area contributed by atoms with Crippen LogP contribution >= 0.6 is 0 Å². The summed E-state index contributed by atoms with van der Waals surface area (Å²) in [5.74, 6) is 3.71. The van der Waals surface area contributed by atoms with E-state index in [1.165, 1.54) is 11.1 Å². The van der Waals surface area contributed by atoms with Crippen molar-refractivity contribution in [1.82, 2.24) is 9.62 Å². The normalized spacial score (nSPS) is 21.4. The maximum absolute atomic E-state index is 13.1. The van der Waals surface area contributed by atoms with E-state index in [-0.39, 0.29) is 5.91 Å². The minimum Gasteiger partial charge on any atom is -0.313 e. The standard InChI is InChI=1S/C17H21N3O2S/c1-23(22,20-11-8-15(12-20)17(18)21)16-4-2-13(3-5-16)14-6-9-19-10-7-14/h2-6,8,19H,1,7,9-12H2,(H2,18,21)/p+1. The molecule has 6 heteroatoms. The molecule has 0 saturated heterocycles. The molecule has 0 bridgehead atoms. The van der Waals surface area contributed by atoms with Crippen molar-refractivity contribution in [1.29, 1.82) is 0 Å². The van der Waals surface area contributed by atoms with Crippen LogP contribution in [0.15, 0.2) is 46.9 Å². The summed E-state index contributed by atoms with van der Waals surface area (Å²) in [6.45, 7) is 2.70. The zero-order valence-electron chi connectivity index (χ0n) is 13.1. The summed E-state index contributed by atoms with van der Waals surface area (Å²) < 4.78 is 14.8. The van der Waals surface area contributed by atoms with Gasteiger partial charge >= 0.3 is 5.91 Å². The molecular formula is C17H22N3O2S+. The van der Waals surface area contributed by atoms with Crippen LogP contribution in [0.2, 0.25) is 0 Å². The quantitative estimate of drug-likeness (QED) is 0.766. The number of rotatable bonds is 4. The summed E-state index contributed by atoms with van der Waals surface area (Å²) in [6.07, 6.45) is 4.98. The second-order valence-corrected chi connectivity index (χ2v) is 8.09. The van der Waals surface area contributed by atoms with Crippen molar-refractivity contribution in [3.8, 4) is 0 Å². The number of carbonyl (C=O) groups excluding carboxylic acids is 1. The Morgan fingerprint density at radius 1 is 1.26 bits per heavy atom. The van der Waals surface area contributed by atoms with Crippen molar-refractivity contribution in [3.63, 3.8) is 0 Å². The van der Waals surface area contributed by atoms with E-state index in [2.05, 4.69) is 23.0 Å². The highest BCUT2D eigenvalue weighted by Gasteiger charge is 2.26. The molecule has 0 saturated carbocycles. The molecule has 0 fully saturated rings. The summed E-state index contributed by atoms with van der Waals surface area (Å²) in [4.78, 5) is 12.0. The number of amides is 1. The zero-order chi connectivity index (χ0) is 16.4. The van der Waals surface area contributed by atoms with E-state index in [4.69, 9.17) is 0 Å². The van der Waals surface area contributed by atoms with Crippen LogP contribution in [-0.2, 0) is 14.5 Å². The summed E-state index contributed by atoms with van der Waals surface area (Å²) in [7, 11) is -2.58. The van der Waals surface area contributed by atoms with Gasteiger partial charge in [-0.05, 0) is 42.1 Å². The van der Waals surface area contributed by atoms with Crippen LogP contribution in [-0.4, -0.2) is 46.5 Å². The van der Waals surface area contributed by atoms with Gasteiger partial charge in [-0.3, -0.25) is 5.73 Å². The van der Waals surface area contributed by atoms with Crippen molar-refractivity contribution in [2.24, 2.45) is 0 Å². The summed E-state index contributed by atoms with van der Waals surface area (Å²) in [5.41, 5.74) is 6.51. The van der Waals surface area contributed by atoms with E-state index < -0.39 is 9.71 Å². The van der Waals surface area contributed by atoms with E-state index in [0.717, 1.165) is 19.5 Å². The van der Waals surface area contributed by atoms with Crippen LogP contribution in [0, 0.1) is 0 Å². The first kappa shape index (κ1) is 16.1. The van der Waals surface area contributed by atoms with Crippen LogP contribution in [0.5, 0.6) is 0 Å². The first-order valence-electron chi connectivity index (χ1n) is 7.66. The topological polar surface area (TPSA) is 77.1 Å². The minimum atomic E-state index is -2.58. The van der Waals surface area contributed by atoms with Crippen LogP contribution in [0.25, 0.3) is 5.57 Å². The second kappa shape index (κ2) is 6.41. The van der Waals surface area contributed by atoms with E-state index in [9.17, 15) is 9.00 Å². The summed E-state index contributed by atoms with van der Waals surface area (Å²) >= 11 is 0. The van der Waals surface area contributed by atoms with Gasteiger partial charge < -0.3 is 5.32 Å². The number of benzene rings is 1. The molecule has 1 aromatic rings. The molecular weight excluding hydrogens is 310 g/mol. The van der Waals surface area contributed by atoms with Gasteiger partial charge in [-0.2, -0.15) is 0 Å². The van der Waals surface area contributed by atoms with E-state index in [1.54, 1.807) is 10.4 Å². The zero-order valence-corrected chi connectivity index (χ0v) is 13.9. The highest BCUT2D eigenvalue weighted by Crippen LogP contribution is 2.24. The fourth-order valence-electron chi connectivity index (χ4n) is 2.87. The average Bonchev–Trinajstić information content (AvgIpc) is 3.07. The molecule has 0 spiro atoms. The molecule has 1 aromatic carbocycles. The van der Waals surface area contributed by atoms with E-state index in [0.29, 0.717) is 23.6 Å². The maximum Gasteiger partial charge on any atom is 0.338 e. The lowest BCUT2D eigenvalue weighted by atomic mass is 10.0. The molecule has 2 aliphatic rings. The molecule has 1 amide bonds. The van der Waals surface area contributed by atoms with Crippen molar-refractivity contribution in [2.45, 2.75) is 11.3 Å². The first-order valence-corrected chi connectivity index (χ1v) is 9.35. The Morgan fingerprint density at radius 2 is 2.00 bits per heavy atom. The Hall–Kier alpha value is -1.73. The van der Waals surface area contributed by atoms with Gasteiger partial charge in [0.1, 0.15) is 0 Å². The number of hydrogen-bond donors (Lipinski definition) is 2. The maximum atomic E-state index is 13.1. The number of nitrogens with zero attached hydrogens (tertiary/aromatic N) is 1. The molecule has 2 aliphatic heterocycles. The van der Waals surface area contributed by atoms with Gasteiger partial charge in [-0.15, -0.1) is 0 Å². The number of carbonyl (C=O) groups is 1. The molecule has 122 valence electrons. The van der Waals surface area contributed by atoms with Crippen molar-refractivity contribution < 1.29 is 14.7 Å². The Bertz CT molecular complexity index is 777. The van der Waals surface area contributed by atoms with E-state index >= 15 is 0 Å². The molecule has 0 aliphatic carbocycles. The Labute approximate surface area is 137 Å². The largest absolute Gasteiger partial charge is 0.338 e. The third-order valence-electron chi connectivity index (χ3n) is 4.32. The number of nitrogens with one attached hydrogen (secondary N) is 1. The van der Waals surface area contributed by atoms with Gasteiger partial charge in [-0.1, -0.05) is 24.3 Å². The van der Waals surface area contributed by atoms with Gasteiger partial charge in [0.15, 0.2) is 0 Å². The number of quaternary nitrogens is 1. The van der Waals surface area contributed by atoms with E-state index in [1.807, 2.05) is 24.3 Å². The van der Waals surface area contributed by atoms with Gasteiger partial charge in [0.05, 0.1) is 15.3 Å². The van der Waals surface area contributed by atoms with Crippen LogP contribution in [0.4, 0.5) is 0 Å². The fraction of sp³-hybridized carbons (Fsp3) is 0.294. The fourth-order valence-corrected chi connectivity index (χ4v) is 4.40. The smallest absolute Gasteiger partial charge is 0.313 e. The Morgan fingerprint density at radius 3 is 2.57 bits per heavy atom. The lowest BCUT2D eigenvalue weighted by Gasteiger charge is -2.22. The SMILES string of the molecule is C=S(=O)(c1ccc(C2=CCNCC2)cc1)N1CC=C(C([NH3+])=O)C1. The molecule has 1 unspecified atom stereocenters. The van der Waals surface area contributed by atoms with Crippen molar-refractivity contribution >= 4 is 27.1 Å². The molecule has 1 atom stereocenters. The van der Waals surface area contributed by atoms with Crippen LogP contribution in [0.1, 0.15) is 12.0 Å². The molecule has 4 N–H and O–H groups in total. The monoisotopic (exact) mass is 332 g/mol. The lowest BCUT2D eigenvalue weighted by Crippen LogP contribution is -2.58. The van der Waals surface area contributed by atoms with Crippen molar-refractivity contribution in [3.05, 3.63) is 47.6 Å². The van der Waals surface area contributed by atoms with Crippen LogP contribution in [0.3, 0.4) is 0 Å². The minimum absolute atomic E-state index is 0.212. The molecule has 3 rings (SSSR count). The molecule has 0 radical (unpaired) electrons. The second-order valence-electron chi connectivity index (χ2n) is 5.82.